The minimum Gasteiger partial charge on any atom is -0.340 e. The van der Waals surface area contributed by atoms with Crippen molar-refractivity contribution < 1.29 is 9.59 Å². The van der Waals surface area contributed by atoms with Crippen LogP contribution in [0.4, 0.5) is 0 Å². The van der Waals surface area contributed by atoms with Gasteiger partial charge in [-0.3, -0.25) is 9.59 Å². The van der Waals surface area contributed by atoms with Crippen LogP contribution in [0, 0.1) is 5.92 Å². The smallest absolute Gasteiger partial charge is 0.246 e. The highest BCUT2D eigenvalue weighted by atomic mass is 16.2. The van der Waals surface area contributed by atoms with Crippen LogP contribution in [0.3, 0.4) is 0 Å². The Morgan fingerprint density at radius 1 is 1.36 bits per heavy atom. The number of hydrogen-bond acceptors (Lipinski definition) is 4. The Bertz CT molecular complexity index is 505. The van der Waals surface area contributed by atoms with Crippen LogP contribution in [0.2, 0.25) is 0 Å². The maximum atomic E-state index is 12.3. The van der Waals surface area contributed by atoms with Gasteiger partial charge in [0.15, 0.2) is 6.29 Å². The predicted octanol–water partition coefficient (Wildman–Crippen LogP) is 2.72. The van der Waals surface area contributed by atoms with Crippen molar-refractivity contribution in [2.24, 2.45) is 5.92 Å². The van der Waals surface area contributed by atoms with E-state index in [1.165, 1.54) is 0 Å². The molecule has 0 spiro atoms. The summed E-state index contributed by atoms with van der Waals surface area (Å²) in [6.45, 7) is 13.8. The Balaban J connectivity index is 0.00000151. The van der Waals surface area contributed by atoms with Gasteiger partial charge in [-0.05, 0) is 31.4 Å². The molecule has 1 unspecified atom stereocenters. The van der Waals surface area contributed by atoms with Crippen LogP contribution in [-0.2, 0) is 9.59 Å². The zero-order valence-electron chi connectivity index (χ0n) is 16.0. The van der Waals surface area contributed by atoms with E-state index < -0.39 is 0 Å². The summed E-state index contributed by atoms with van der Waals surface area (Å²) in [7, 11) is 0. The quantitative estimate of drug-likeness (QED) is 0.593. The van der Waals surface area contributed by atoms with Crippen LogP contribution in [0.1, 0.15) is 40.0 Å². The summed E-state index contributed by atoms with van der Waals surface area (Å²) in [6, 6.07) is 0. The first-order valence-corrected chi connectivity index (χ1v) is 9.44. The largest absolute Gasteiger partial charge is 0.340 e. The first-order chi connectivity index (χ1) is 12.2. The Labute approximate surface area is 152 Å². The SMILES string of the molecule is C=C1CN(C(=O)/C=C/C2CCNC2)CCN1/C(C=O)=C\CCC.CC. The molecule has 2 aliphatic heterocycles. The molecular formula is C20H33N3O2. The van der Waals surface area contributed by atoms with Crippen LogP contribution in [0.15, 0.2) is 36.2 Å². The number of rotatable bonds is 6. The summed E-state index contributed by atoms with van der Waals surface area (Å²) >= 11 is 0. The summed E-state index contributed by atoms with van der Waals surface area (Å²) in [4.78, 5) is 27.3. The fourth-order valence-electron chi connectivity index (χ4n) is 2.94. The number of unbranched alkanes of at least 4 members (excludes halogenated alkanes) is 1. The molecule has 5 heteroatoms. The molecular weight excluding hydrogens is 314 g/mol. The number of aldehydes is 1. The van der Waals surface area contributed by atoms with E-state index in [0.29, 0.717) is 31.2 Å². The number of nitrogens with zero attached hydrogens (tertiary/aromatic N) is 2. The van der Waals surface area contributed by atoms with Gasteiger partial charge in [0.2, 0.25) is 5.91 Å². The first-order valence-electron chi connectivity index (χ1n) is 9.44. The van der Waals surface area contributed by atoms with Gasteiger partial charge in [0.05, 0.1) is 12.2 Å². The Morgan fingerprint density at radius 2 is 2.12 bits per heavy atom. The zero-order valence-corrected chi connectivity index (χ0v) is 16.0. The number of hydrogen-bond donors (Lipinski definition) is 1. The summed E-state index contributed by atoms with van der Waals surface area (Å²) in [5, 5.41) is 3.29. The zero-order chi connectivity index (χ0) is 18.7. The van der Waals surface area contributed by atoms with Gasteiger partial charge in [-0.25, -0.2) is 0 Å². The van der Waals surface area contributed by atoms with Crippen molar-refractivity contribution in [3.63, 3.8) is 0 Å². The molecule has 1 N–H and O–H groups in total. The standard InChI is InChI=1S/C18H27N3O2.C2H6/c1-3-4-5-17(14-22)21-11-10-20(13-15(21)2)18(23)7-6-16-8-9-19-12-16;1-2/h5-7,14,16,19H,2-4,8-13H2,1H3;1-2H3/b7-6+,17-5-;. The summed E-state index contributed by atoms with van der Waals surface area (Å²) in [6.07, 6.45) is 9.49. The van der Waals surface area contributed by atoms with Crippen LogP contribution < -0.4 is 5.32 Å². The van der Waals surface area contributed by atoms with Gasteiger partial charge in [-0.15, -0.1) is 0 Å². The van der Waals surface area contributed by atoms with E-state index in [-0.39, 0.29) is 5.91 Å². The van der Waals surface area contributed by atoms with Crippen LogP contribution in [0.5, 0.6) is 0 Å². The van der Waals surface area contributed by atoms with E-state index in [0.717, 1.165) is 44.3 Å². The molecule has 2 saturated heterocycles. The minimum atomic E-state index is 0.0305. The Morgan fingerprint density at radius 3 is 2.68 bits per heavy atom. The van der Waals surface area contributed by atoms with Crippen molar-refractivity contribution in [1.82, 2.24) is 15.1 Å². The normalized spacial score (nSPS) is 21.3. The van der Waals surface area contributed by atoms with E-state index >= 15 is 0 Å². The van der Waals surface area contributed by atoms with E-state index in [9.17, 15) is 9.59 Å². The molecule has 0 aromatic carbocycles. The molecule has 2 rings (SSSR count). The minimum absolute atomic E-state index is 0.0305. The Kier molecular flexibility index (Phi) is 9.85. The van der Waals surface area contributed by atoms with E-state index in [2.05, 4.69) is 18.8 Å². The van der Waals surface area contributed by atoms with Gasteiger partial charge in [-0.2, -0.15) is 0 Å². The summed E-state index contributed by atoms with van der Waals surface area (Å²) in [5.74, 6) is 0.491. The molecule has 0 saturated carbocycles. The molecule has 1 amide bonds. The highest BCUT2D eigenvalue weighted by molar-refractivity contribution is 5.88. The van der Waals surface area contributed by atoms with Gasteiger partial charge in [0.1, 0.15) is 0 Å². The lowest BCUT2D eigenvalue weighted by Crippen LogP contribution is -2.46. The molecule has 140 valence electrons. The third kappa shape index (κ3) is 6.50. The number of carbonyl (C=O) groups excluding carboxylic acids is 2. The van der Waals surface area contributed by atoms with E-state index in [1.54, 1.807) is 11.0 Å². The van der Waals surface area contributed by atoms with Gasteiger partial charge in [-0.1, -0.05) is 45.9 Å². The lowest BCUT2D eigenvalue weighted by atomic mass is 10.1. The predicted molar refractivity (Wildman–Crippen MR) is 103 cm³/mol. The van der Waals surface area contributed by atoms with Crippen molar-refractivity contribution in [1.29, 1.82) is 0 Å². The number of piperazine rings is 1. The molecule has 2 aliphatic rings. The maximum Gasteiger partial charge on any atom is 0.246 e. The Hall–Kier alpha value is -1.88. The van der Waals surface area contributed by atoms with Crippen LogP contribution in [-0.4, -0.2) is 54.7 Å². The van der Waals surface area contributed by atoms with Gasteiger partial charge in [0, 0.05) is 25.3 Å². The molecule has 5 nitrogen and oxygen atoms in total. The molecule has 0 bridgehead atoms. The molecule has 0 aliphatic carbocycles. The van der Waals surface area contributed by atoms with Crippen molar-refractivity contribution in [3.05, 3.63) is 36.2 Å². The van der Waals surface area contributed by atoms with Crippen molar-refractivity contribution >= 4 is 12.2 Å². The maximum absolute atomic E-state index is 12.3. The van der Waals surface area contributed by atoms with Crippen LogP contribution >= 0.6 is 0 Å². The third-order valence-corrected chi connectivity index (χ3v) is 4.34. The second-order valence-electron chi connectivity index (χ2n) is 6.13. The lowest BCUT2D eigenvalue weighted by molar-refractivity contribution is -0.126. The third-order valence-electron chi connectivity index (χ3n) is 4.34. The van der Waals surface area contributed by atoms with Gasteiger partial charge >= 0.3 is 0 Å². The molecule has 25 heavy (non-hydrogen) atoms. The fraction of sp³-hybridized carbons (Fsp3) is 0.600. The topological polar surface area (TPSA) is 52.7 Å². The molecule has 2 fully saturated rings. The van der Waals surface area contributed by atoms with Gasteiger partial charge < -0.3 is 15.1 Å². The molecule has 0 aromatic heterocycles. The first kappa shape index (κ1) is 21.2. The number of carbonyl (C=O) groups is 2. The number of allylic oxidation sites excluding steroid dienone is 2. The molecule has 0 radical (unpaired) electrons. The summed E-state index contributed by atoms with van der Waals surface area (Å²) < 4.78 is 0. The average Bonchev–Trinajstić information content (AvgIpc) is 3.16. The second kappa shape index (κ2) is 11.6. The molecule has 1 atom stereocenters. The van der Waals surface area contributed by atoms with E-state index in [4.69, 9.17) is 0 Å². The van der Waals surface area contributed by atoms with Gasteiger partial charge in [0.25, 0.3) is 0 Å². The number of amides is 1. The number of nitrogens with one attached hydrogen (secondary N) is 1. The van der Waals surface area contributed by atoms with Crippen molar-refractivity contribution in [2.75, 3.05) is 32.7 Å². The van der Waals surface area contributed by atoms with Crippen LogP contribution in [0.25, 0.3) is 0 Å². The fourth-order valence-corrected chi connectivity index (χ4v) is 2.94. The highest BCUT2D eigenvalue weighted by Gasteiger charge is 2.24. The second-order valence-corrected chi connectivity index (χ2v) is 6.13. The average molecular weight is 348 g/mol. The molecule has 0 aromatic rings. The lowest BCUT2D eigenvalue weighted by Gasteiger charge is -2.37. The highest BCUT2D eigenvalue weighted by Crippen LogP contribution is 2.18. The van der Waals surface area contributed by atoms with Crippen molar-refractivity contribution in [3.8, 4) is 0 Å². The molecule has 2 heterocycles. The summed E-state index contributed by atoms with van der Waals surface area (Å²) in [5.41, 5.74) is 1.46. The van der Waals surface area contributed by atoms with Crippen molar-refractivity contribution in [2.45, 2.75) is 40.0 Å². The van der Waals surface area contributed by atoms with E-state index in [1.807, 2.05) is 30.9 Å². The monoisotopic (exact) mass is 347 g/mol.